The minimum atomic E-state index is -1.18. The number of nitrogens with zero attached hydrogens (tertiary/aromatic N) is 2. The summed E-state index contributed by atoms with van der Waals surface area (Å²) < 4.78 is 0. The number of rotatable bonds is 12. The molecule has 2 aliphatic rings. The Morgan fingerprint density at radius 1 is 0.976 bits per heavy atom. The normalized spacial score (nSPS) is 20.9. The van der Waals surface area contributed by atoms with Gasteiger partial charge in [-0.25, -0.2) is 4.79 Å². The highest BCUT2D eigenvalue weighted by Crippen LogP contribution is 2.26. The van der Waals surface area contributed by atoms with Gasteiger partial charge in [-0.15, -0.1) is 0 Å². The molecule has 0 spiro atoms. The number of nitrogens with one attached hydrogen (secondary N) is 2. The van der Waals surface area contributed by atoms with Gasteiger partial charge < -0.3 is 36.4 Å². The van der Waals surface area contributed by atoms with Crippen molar-refractivity contribution in [2.45, 2.75) is 82.6 Å². The lowest BCUT2D eigenvalue weighted by atomic mass is 10.0. The monoisotopic (exact) mass is 591 g/mol. The largest absolute Gasteiger partial charge is 0.508 e. The van der Waals surface area contributed by atoms with E-state index in [1.54, 1.807) is 12.1 Å². The third kappa shape index (κ3) is 8.35. The molecule has 2 heterocycles. The van der Waals surface area contributed by atoms with E-state index in [0.29, 0.717) is 44.3 Å². The fourth-order valence-electron chi connectivity index (χ4n) is 5.38. The van der Waals surface area contributed by atoms with Crippen molar-refractivity contribution in [3.8, 4) is 5.75 Å². The highest BCUT2D eigenvalue weighted by molar-refractivity contribution is 7.80. The molecule has 2 aliphatic heterocycles. The number of phenols is 1. The van der Waals surface area contributed by atoms with Gasteiger partial charge in [0.1, 0.15) is 29.9 Å². The Morgan fingerprint density at radius 3 is 2.17 bits per heavy atom. The third-order valence-corrected chi connectivity index (χ3v) is 7.90. The van der Waals surface area contributed by atoms with Gasteiger partial charge in [0.05, 0.1) is 6.04 Å². The lowest BCUT2D eigenvalue weighted by Gasteiger charge is -2.32. The van der Waals surface area contributed by atoms with E-state index in [1.807, 2.05) is 13.8 Å². The third-order valence-electron chi connectivity index (χ3n) is 7.50. The summed E-state index contributed by atoms with van der Waals surface area (Å²) in [6, 6.07) is 1.47. The molecule has 4 amide bonds. The van der Waals surface area contributed by atoms with Crippen molar-refractivity contribution < 1.29 is 34.2 Å². The fourth-order valence-corrected chi connectivity index (χ4v) is 5.54. The Kier molecular flexibility index (Phi) is 11.4. The summed E-state index contributed by atoms with van der Waals surface area (Å²) in [5.74, 6) is -2.87. The molecule has 0 aromatic heterocycles. The van der Waals surface area contributed by atoms with E-state index in [4.69, 9.17) is 5.73 Å². The van der Waals surface area contributed by atoms with E-state index in [0.717, 1.165) is 0 Å². The van der Waals surface area contributed by atoms with Gasteiger partial charge in [-0.1, -0.05) is 26.0 Å². The van der Waals surface area contributed by atoms with Gasteiger partial charge in [0.15, 0.2) is 0 Å². The van der Waals surface area contributed by atoms with Crippen molar-refractivity contribution in [2.24, 2.45) is 11.7 Å². The maximum Gasteiger partial charge on any atom is 0.326 e. The first-order chi connectivity index (χ1) is 19.4. The maximum absolute atomic E-state index is 13.6. The molecule has 226 valence electrons. The van der Waals surface area contributed by atoms with Crippen LogP contribution in [0.1, 0.15) is 51.5 Å². The zero-order valence-electron chi connectivity index (χ0n) is 23.5. The first kappa shape index (κ1) is 32.2. The summed E-state index contributed by atoms with van der Waals surface area (Å²) in [4.78, 5) is 67.9. The van der Waals surface area contributed by atoms with Crippen molar-refractivity contribution >= 4 is 42.2 Å². The Balaban J connectivity index is 1.78. The van der Waals surface area contributed by atoms with Gasteiger partial charge in [0.2, 0.25) is 23.6 Å². The van der Waals surface area contributed by atoms with Crippen LogP contribution in [-0.4, -0.2) is 98.7 Å². The second kappa shape index (κ2) is 14.5. The number of aliphatic carboxylic acids is 1. The van der Waals surface area contributed by atoms with E-state index in [9.17, 15) is 34.2 Å². The van der Waals surface area contributed by atoms with Crippen LogP contribution in [0.4, 0.5) is 0 Å². The lowest BCUT2D eigenvalue weighted by molar-refractivity contribution is -0.147. The summed E-state index contributed by atoms with van der Waals surface area (Å²) in [6.07, 6.45) is 2.31. The van der Waals surface area contributed by atoms with E-state index < -0.39 is 48.0 Å². The van der Waals surface area contributed by atoms with E-state index in [1.165, 1.54) is 21.9 Å². The van der Waals surface area contributed by atoms with Gasteiger partial charge in [0.25, 0.3) is 0 Å². The predicted molar refractivity (Wildman–Crippen MR) is 154 cm³/mol. The second-order valence-corrected chi connectivity index (χ2v) is 11.5. The predicted octanol–water partition coefficient (Wildman–Crippen LogP) is 0.274. The van der Waals surface area contributed by atoms with Gasteiger partial charge in [-0.2, -0.15) is 12.6 Å². The van der Waals surface area contributed by atoms with Crippen molar-refractivity contribution in [3.05, 3.63) is 29.8 Å². The summed E-state index contributed by atoms with van der Waals surface area (Å²) >= 11 is 4.10. The van der Waals surface area contributed by atoms with Crippen molar-refractivity contribution in [1.29, 1.82) is 0 Å². The highest BCUT2D eigenvalue weighted by atomic mass is 32.1. The molecule has 0 unspecified atom stereocenters. The number of phenolic OH excluding ortho intramolecular Hbond substituents is 1. The van der Waals surface area contributed by atoms with Gasteiger partial charge >= 0.3 is 5.97 Å². The smallest absolute Gasteiger partial charge is 0.326 e. The second-order valence-electron chi connectivity index (χ2n) is 11.1. The van der Waals surface area contributed by atoms with Gasteiger partial charge in [-0.3, -0.25) is 19.2 Å². The number of likely N-dealkylation sites (tertiary alicyclic amines) is 2. The maximum atomic E-state index is 13.6. The van der Waals surface area contributed by atoms with Gasteiger partial charge in [-0.05, 0) is 55.7 Å². The van der Waals surface area contributed by atoms with Crippen LogP contribution in [0.2, 0.25) is 0 Å². The van der Waals surface area contributed by atoms with Crippen LogP contribution < -0.4 is 16.4 Å². The number of carbonyl (C=O) groups is 5. The SMILES string of the molecule is CC(C)C[C@H](NC(=O)[C@H](Cc1ccc(O)cc1)NC(=O)[C@@H]1CCCN1C(=O)[C@@H]1CCCN1C(=O)[C@@H](N)CS)C(=O)O. The topological polar surface area (TPSA) is 182 Å². The molecule has 6 N–H and O–H groups in total. The van der Waals surface area contributed by atoms with Crippen LogP contribution in [-0.2, 0) is 30.4 Å². The lowest BCUT2D eigenvalue weighted by Crippen LogP contribution is -2.58. The average Bonchev–Trinajstić information content (AvgIpc) is 3.62. The average molecular weight is 592 g/mol. The van der Waals surface area contributed by atoms with Crippen LogP contribution in [0.3, 0.4) is 0 Å². The summed E-state index contributed by atoms with van der Waals surface area (Å²) in [6.45, 7) is 4.42. The number of nitrogens with two attached hydrogens (primary N) is 1. The molecular weight excluding hydrogens is 550 g/mol. The highest BCUT2D eigenvalue weighted by Gasteiger charge is 2.43. The van der Waals surface area contributed by atoms with E-state index in [-0.39, 0.29) is 42.1 Å². The van der Waals surface area contributed by atoms with Crippen LogP contribution in [0, 0.1) is 5.92 Å². The van der Waals surface area contributed by atoms with Crippen molar-refractivity contribution in [3.63, 3.8) is 0 Å². The fraction of sp³-hybridized carbons (Fsp3) is 0.607. The number of carboxylic acid groups (broad SMARTS) is 1. The molecule has 1 aromatic rings. The van der Waals surface area contributed by atoms with Crippen molar-refractivity contribution in [2.75, 3.05) is 18.8 Å². The number of carbonyl (C=O) groups excluding carboxylic acids is 4. The number of thiol groups is 1. The zero-order valence-corrected chi connectivity index (χ0v) is 24.4. The summed E-state index contributed by atoms with van der Waals surface area (Å²) in [5, 5.41) is 24.5. The minimum absolute atomic E-state index is 0.00365. The molecule has 1 aromatic carbocycles. The number of benzene rings is 1. The standard InChI is InChI=1S/C28H41N5O7S/c1-16(2)13-21(28(39)40)31-24(35)20(14-17-7-9-18(34)10-8-17)30-25(36)22-5-3-11-32(22)27(38)23-6-4-12-33(23)26(37)19(29)15-41/h7-10,16,19-23,34,41H,3-6,11-15,29H2,1-2H3,(H,30,36)(H,31,35)(H,39,40)/t19-,20-,21-,22-,23-/m0/s1. The van der Waals surface area contributed by atoms with Crippen LogP contribution in [0.25, 0.3) is 0 Å². The number of aromatic hydroxyl groups is 1. The molecule has 41 heavy (non-hydrogen) atoms. The van der Waals surface area contributed by atoms with Gasteiger partial charge in [0, 0.05) is 25.3 Å². The number of carboxylic acids is 1. The quantitative estimate of drug-likeness (QED) is 0.187. The Hall–Kier alpha value is -3.32. The van der Waals surface area contributed by atoms with E-state index in [2.05, 4.69) is 23.3 Å². The Morgan fingerprint density at radius 2 is 1.59 bits per heavy atom. The van der Waals surface area contributed by atoms with E-state index >= 15 is 0 Å². The van der Waals surface area contributed by atoms with Crippen LogP contribution in [0.5, 0.6) is 5.75 Å². The summed E-state index contributed by atoms with van der Waals surface area (Å²) in [5.41, 5.74) is 6.51. The van der Waals surface area contributed by atoms with Crippen LogP contribution in [0.15, 0.2) is 24.3 Å². The molecule has 13 heteroatoms. The molecule has 12 nitrogen and oxygen atoms in total. The first-order valence-corrected chi connectivity index (χ1v) is 14.6. The number of amides is 4. The molecule has 0 saturated carbocycles. The van der Waals surface area contributed by atoms with Crippen LogP contribution >= 0.6 is 12.6 Å². The Labute approximate surface area is 245 Å². The first-order valence-electron chi connectivity index (χ1n) is 14.0. The Bertz CT molecular complexity index is 1120. The minimum Gasteiger partial charge on any atom is -0.508 e. The number of hydrogen-bond acceptors (Lipinski definition) is 8. The molecular formula is C28H41N5O7S. The molecule has 3 rings (SSSR count). The molecule has 0 bridgehead atoms. The van der Waals surface area contributed by atoms with Crippen molar-refractivity contribution in [1.82, 2.24) is 20.4 Å². The molecule has 2 fully saturated rings. The summed E-state index contributed by atoms with van der Waals surface area (Å²) in [7, 11) is 0. The molecule has 2 saturated heterocycles. The molecule has 5 atom stereocenters. The zero-order chi connectivity index (χ0) is 30.3. The molecule has 0 aliphatic carbocycles. The number of hydrogen-bond donors (Lipinski definition) is 6. The molecule has 0 radical (unpaired) electrons.